The zero-order valence-electron chi connectivity index (χ0n) is 13.9. The molecule has 0 bridgehead atoms. The Bertz CT molecular complexity index is 520. The molecule has 2 rings (SSSR count). The summed E-state index contributed by atoms with van der Waals surface area (Å²) in [6.45, 7) is 10.8. The fourth-order valence-electron chi connectivity index (χ4n) is 2.88. The Morgan fingerprint density at radius 1 is 1.32 bits per heavy atom. The van der Waals surface area contributed by atoms with Crippen LogP contribution in [0.1, 0.15) is 38.1 Å². The maximum atomic E-state index is 12.3. The van der Waals surface area contributed by atoms with Crippen LogP contribution in [-0.4, -0.2) is 48.2 Å². The van der Waals surface area contributed by atoms with Crippen LogP contribution in [0, 0.1) is 0 Å². The van der Waals surface area contributed by atoms with Crippen LogP contribution in [-0.2, 0) is 4.74 Å². The maximum Gasteiger partial charge on any atom is 0.253 e. The Kier molecular flexibility index (Phi) is 5.08. The Hall–Kier alpha value is -1.59. The summed E-state index contributed by atoms with van der Waals surface area (Å²) < 4.78 is 5.78. The number of carbonyl (C=O) groups is 1. The lowest BCUT2D eigenvalue weighted by Gasteiger charge is -2.45. The molecule has 0 saturated carbocycles. The molecule has 1 saturated heterocycles. The Morgan fingerprint density at radius 3 is 2.50 bits per heavy atom. The van der Waals surface area contributed by atoms with Gasteiger partial charge >= 0.3 is 0 Å². The molecule has 1 aromatic rings. The van der Waals surface area contributed by atoms with Crippen molar-refractivity contribution in [2.75, 3.05) is 25.4 Å². The van der Waals surface area contributed by atoms with Crippen LogP contribution >= 0.6 is 0 Å². The second kappa shape index (κ2) is 6.67. The lowest BCUT2D eigenvalue weighted by Crippen LogP contribution is -2.58. The van der Waals surface area contributed by atoms with Gasteiger partial charge in [-0.25, -0.2) is 0 Å². The van der Waals surface area contributed by atoms with Crippen molar-refractivity contribution >= 4 is 11.6 Å². The molecule has 0 radical (unpaired) electrons. The van der Waals surface area contributed by atoms with Crippen LogP contribution in [0.4, 0.5) is 5.69 Å². The van der Waals surface area contributed by atoms with Gasteiger partial charge in [0.1, 0.15) is 0 Å². The quantitative estimate of drug-likeness (QED) is 0.834. The summed E-state index contributed by atoms with van der Waals surface area (Å²) in [6, 6.07) is 7.14. The van der Waals surface area contributed by atoms with E-state index in [1.165, 1.54) is 0 Å². The highest BCUT2D eigenvalue weighted by Gasteiger charge is 2.33. The predicted octanol–water partition coefficient (Wildman–Crippen LogP) is 1.89. The van der Waals surface area contributed by atoms with Crippen molar-refractivity contribution in [1.29, 1.82) is 0 Å². The fourth-order valence-corrected chi connectivity index (χ4v) is 2.88. The minimum absolute atomic E-state index is 0.125. The van der Waals surface area contributed by atoms with Crippen molar-refractivity contribution in [3.05, 3.63) is 29.8 Å². The zero-order chi connectivity index (χ0) is 16.3. The number of benzene rings is 1. The number of anilines is 1. The molecule has 0 aliphatic carbocycles. The smallest absolute Gasteiger partial charge is 0.253 e. The van der Waals surface area contributed by atoms with Gasteiger partial charge in [0.15, 0.2) is 0 Å². The van der Waals surface area contributed by atoms with Gasteiger partial charge in [-0.1, -0.05) is 12.1 Å². The molecule has 2 atom stereocenters. The van der Waals surface area contributed by atoms with Crippen LogP contribution < -0.4 is 11.1 Å². The molecule has 1 aliphatic rings. The summed E-state index contributed by atoms with van der Waals surface area (Å²) in [6.07, 6.45) is 0.423. The third kappa shape index (κ3) is 3.99. The van der Waals surface area contributed by atoms with E-state index in [4.69, 9.17) is 10.5 Å². The van der Waals surface area contributed by atoms with Crippen LogP contribution in [0.3, 0.4) is 0 Å². The standard InChI is InChI=1S/C17H27N3O2/c1-12-9-20(10-13(2)22-12)17(3,4)11-19-16(21)14-7-5-6-8-15(14)18/h5-8,12-13H,9-11,18H2,1-4H3,(H,19,21). The first-order chi connectivity index (χ1) is 10.3. The molecule has 1 aliphatic heterocycles. The van der Waals surface area contributed by atoms with Crippen molar-refractivity contribution in [3.8, 4) is 0 Å². The Morgan fingerprint density at radius 2 is 1.91 bits per heavy atom. The molecule has 22 heavy (non-hydrogen) atoms. The molecule has 1 fully saturated rings. The van der Waals surface area contributed by atoms with Gasteiger partial charge in [-0.3, -0.25) is 9.69 Å². The number of nitrogens with zero attached hydrogens (tertiary/aromatic N) is 1. The van der Waals surface area contributed by atoms with E-state index < -0.39 is 0 Å². The molecule has 0 spiro atoms. The van der Waals surface area contributed by atoms with Gasteiger partial charge in [-0.2, -0.15) is 0 Å². The van der Waals surface area contributed by atoms with Crippen LogP contribution in [0.2, 0.25) is 0 Å². The van der Waals surface area contributed by atoms with Crippen molar-refractivity contribution in [1.82, 2.24) is 10.2 Å². The first kappa shape index (κ1) is 16.8. The highest BCUT2D eigenvalue weighted by Crippen LogP contribution is 2.21. The van der Waals surface area contributed by atoms with E-state index in [1.54, 1.807) is 12.1 Å². The van der Waals surface area contributed by atoms with E-state index in [-0.39, 0.29) is 23.7 Å². The van der Waals surface area contributed by atoms with Crippen LogP contribution in [0.25, 0.3) is 0 Å². The highest BCUT2D eigenvalue weighted by molar-refractivity contribution is 5.99. The number of nitrogens with one attached hydrogen (secondary N) is 1. The molecule has 1 amide bonds. The molecule has 1 heterocycles. The molecule has 5 nitrogen and oxygen atoms in total. The van der Waals surface area contributed by atoms with Crippen LogP contribution in [0.5, 0.6) is 0 Å². The van der Waals surface area contributed by atoms with Gasteiger partial charge in [-0.05, 0) is 39.8 Å². The topological polar surface area (TPSA) is 67.6 Å². The first-order valence-electron chi connectivity index (χ1n) is 7.83. The molecule has 5 heteroatoms. The number of hydrogen-bond donors (Lipinski definition) is 2. The molecule has 1 aromatic carbocycles. The summed E-state index contributed by atoms with van der Waals surface area (Å²) in [7, 11) is 0. The number of rotatable bonds is 4. The normalized spacial score (nSPS) is 23.3. The van der Waals surface area contributed by atoms with E-state index in [0.717, 1.165) is 13.1 Å². The molecule has 122 valence electrons. The number of carbonyl (C=O) groups excluding carboxylic acids is 1. The van der Waals surface area contributed by atoms with Crippen molar-refractivity contribution in [2.24, 2.45) is 0 Å². The Balaban J connectivity index is 1.97. The molecular weight excluding hydrogens is 278 g/mol. The van der Waals surface area contributed by atoms with Crippen LogP contribution in [0.15, 0.2) is 24.3 Å². The lowest BCUT2D eigenvalue weighted by atomic mass is 9.99. The molecular formula is C17H27N3O2. The average molecular weight is 305 g/mol. The van der Waals surface area contributed by atoms with Gasteiger partial charge in [0.2, 0.25) is 0 Å². The number of nitrogens with two attached hydrogens (primary N) is 1. The monoisotopic (exact) mass is 305 g/mol. The lowest BCUT2D eigenvalue weighted by molar-refractivity contribution is -0.0948. The third-order valence-electron chi connectivity index (χ3n) is 4.16. The van der Waals surface area contributed by atoms with Gasteiger partial charge in [-0.15, -0.1) is 0 Å². The summed E-state index contributed by atoms with van der Waals surface area (Å²) >= 11 is 0. The SMILES string of the molecule is CC1CN(C(C)(C)CNC(=O)c2ccccc2N)CC(C)O1. The average Bonchev–Trinajstić information content (AvgIpc) is 2.44. The molecule has 3 N–H and O–H groups in total. The summed E-state index contributed by atoms with van der Waals surface area (Å²) in [5.74, 6) is -0.125. The number of ether oxygens (including phenoxy) is 1. The number of nitrogen functional groups attached to an aromatic ring is 1. The molecule has 0 aromatic heterocycles. The van der Waals surface area contributed by atoms with Gasteiger partial charge < -0.3 is 15.8 Å². The number of para-hydroxylation sites is 1. The first-order valence-corrected chi connectivity index (χ1v) is 7.83. The highest BCUT2D eigenvalue weighted by atomic mass is 16.5. The fraction of sp³-hybridized carbons (Fsp3) is 0.588. The molecule has 2 unspecified atom stereocenters. The minimum Gasteiger partial charge on any atom is -0.398 e. The number of hydrogen-bond acceptors (Lipinski definition) is 4. The summed E-state index contributed by atoms with van der Waals surface area (Å²) in [4.78, 5) is 14.7. The Labute approximate surface area is 132 Å². The minimum atomic E-state index is -0.133. The second-order valence-electron chi connectivity index (χ2n) is 6.74. The van der Waals surface area contributed by atoms with Crippen molar-refractivity contribution in [3.63, 3.8) is 0 Å². The third-order valence-corrected chi connectivity index (χ3v) is 4.16. The van der Waals surface area contributed by atoms with Crippen molar-refractivity contribution < 1.29 is 9.53 Å². The zero-order valence-corrected chi connectivity index (χ0v) is 13.9. The van der Waals surface area contributed by atoms with Gasteiger partial charge in [0, 0.05) is 30.9 Å². The van der Waals surface area contributed by atoms with E-state index in [9.17, 15) is 4.79 Å². The second-order valence-corrected chi connectivity index (χ2v) is 6.74. The summed E-state index contributed by atoms with van der Waals surface area (Å²) in [5, 5.41) is 3.01. The van der Waals surface area contributed by atoms with E-state index in [2.05, 4.69) is 37.9 Å². The van der Waals surface area contributed by atoms with E-state index >= 15 is 0 Å². The van der Waals surface area contributed by atoms with E-state index in [0.29, 0.717) is 17.8 Å². The predicted molar refractivity (Wildman–Crippen MR) is 88.8 cm³/mol. The van der Waals surface area contributed by atoms with E-state index in [1.807, 2.05) is 12.1 Å². The van der Waals surface area contributed by atoms with Crippen molar-refractivity contribution in [2.45, 2.75) is 45.4 Å². The maximum absolute atomic E-state index is 12.3. The van der Waals surface area contributed by atoms with Gasteiger partial charge in [0.25, 0.3) is 5.91 Å². The number of amides is 1. The largest absolute Gasteiger partial charge is 0.398 e. The van der Waals surface area contributed by atoms with Gasteiger partial charge in [0.05, 0.1) is 17.8 Å². The number of morpholine rings is 1. The summed E-state index contributed by atoms with van der Waals surface area (Å²) in [5.41, 5.74) is 6.75.